The van der Waals surface area contributed by atoms with Crippen LogP contribution in [0.4, 0.5) is 0 Å². The average Bonchev–Trinajstić information content (AvgIpc) is 2.75. The molecule has 0 aliphatic heterocycles. The van der Waals surface area contributed by atoms with Crippen molar-refractivity contribution in [2.24, 2.45) is 5.73 Å². The Labute approximate surface area is 109 Å². The van der Waals surface area contributed by atoms with Crippen molar-refractivity contribution in [1.29, 1.82) is 0 Å². The summed E-state index contributed by atoms with van der Waals surface area (Å²) in [5.41, 5.74) is 14.3. The molecule has 2 aromatic carbocycles. The van der Waals surface area contributed by atoms with Gasteiger partial charge in [-0.05, 0) is 60.1 Å². The Kier molecular flexibility index (Phi) is 2.71. The van der Waals surface area contributed by atoms with Gasteiger partial charge in [0.05, 0.1) is 0 Å². The number of rotatable bonds is 1. The Balaban J connectivity index is 2.15. The summed E-state index contributed by atoms with van der Waals surface area (Å²) in [6.07, 6.45) is 2.19. The molecule has 0 spiro atoms. The average molecular weight is 237 g/mol. The highest BCUT2D eigenvalue weighted by atomic mass is 14.6. The van der Waals surface area contributed by atoms with E-state index in [4.69, 9.17) is 5.73 Å². The minimum atomic E-state index is 0.228. The van der Waals surface area contributed by atoms with E-state index < -0.39 is 0 Å². The highest BCUT2D eigenvalue weighted by Crippen LogP contribution is 2.36. The molecule has 1 aliphatic carbocycles. The van der Waals surface area contributed by atoms with Crippen LogP contribution in [0.25, 0.3) is 11.1 Å². The van der Waals surface area contributed by atoms with Crippen LogP contribution in [-0.4, -0.2) is 0 Å². The molecule has 1 atom stereocenters. The van der Waals surface area contributed by atoms with Crippen LogP contribution in [0.1, 0.15) is 34.7 Å². The summed E-state index contributed by atoms with van der Waals surface area (Å²) in [4.78, 5) is 0. The Bertz CT molecular complexity index is 599. The predicted octanol–water partition coefficient (Wildman–Crippen LogP) is 3.92. The van der Waals surface area contributed by atoms with Crippen LogP contribution in [0.5, 0.6) is 0 Å². The second kappa shape index (κ2) is 4.25. The fourth-order valence-electron chi connectivity index (χ4n) is 2.87. The Hall–Kier alpha value is -1.60. The first-order valence-corrected chi connectivity index (χ1v) is 6.62. The van der Waals surface area contributed by atoms with Gasteiger partial charge in [-0.1, -0.05) is 36.4 Å². The van der Waals surface area contributed by atoms with E-state index in [1.54, 1.807) is 0 Å². The van der Waals surface area contributed by atoms with Gasteiger partial charge in [-0.15, -0.1) is 0 Å². The molecule has 0 saturated heterocycles. The summed E-state index contributed by atoms with van der Waals surface area (Å²) < 4.78 is 0. The third-order valence-corrected chi connectivity index (χ3v) is 4.13. The molecule has 0 aromatic heterocycles. The van der Waals surface area contributed by atoms with E-state index in [1.807, 2.05) is 0 Å². The van der Waals surface area contributed by atoms with Gasteiger partial charge in [0, 0.05) is 6.04 Å². The molecule has 2 N–H and O–H groups in total. The first-order chi connectivity index (χ1) is 8.66. The Morgan fingerprint density at radius 1 is 1.06 bits per heavy atom. The van der Waals surface area contributed by atoms with E-state index in [0.717, 1.165) is 12.8 Å². The zero-order valence-electron chi connectivity index (χ0n) is 11.0. The predicted molar refractivity (Wildman–Crippen MR) is 76.6 cm³/mol. The van der Waals surface area contributed by atoms with Crippen LogP contribution in [-0.2, 0) is 6.42 Å². The quantitative estimate of drug-likeness (QED) is 0.799. The Morgan fingerprint density at radius 2 is 1.89 bits per heavy atom. The number of benzene rings is 2. The zero-order chi connectivity index (χ0) is 12.7. The van der Waals surface area contributed by atoms with Crippen LogP contribution < -0.4 is 5.73 Å². The molecule has 1 nitrogen and oxygen atoms in total. The van der Waals surface area contributed by atoms with Crippen molar-refractivity contribution in [3.63, 3.8) is 0 Å². The topological polar surface area (TPSA) is 26.0 Å². The number of hydrogen-bond acceptors (Lipinski definition) is 1. The molecule has 0 amide bonds. The number of hydrogen-bond donors (Lipinski definition) is 1. The van der Waals surface area contributed by atoms with Gasteiger partial charge in [0.25, 0.3) is 0 Å². The second-order valence-corrected chi connectivity index (χ2v) is 5.32. The molecule has 1 aliphatic rings. The van der Waals surface area contributed by atoms with Crippen LogP contribution >= 0.6 is 0 Å². The molecular formula is C17H19N. The highest BCUT2D eigenvalue weighted by molar-refractivity contribution is 5.71. The lowest BCUT2D eigenvalue weighted by molar-refractivity contribution is 0.713. The van der Waals surface area contributed by atoms with Crippen molar-refractivity contribution in [1.82, 2.24) is 0 Å². The van der Waals surface area contributed by atoms with Crippen molar-refractivity contribution in [3.05, 3.63) is 58.7 Å². The summed E-state index contributed by atoms with van der Waals surface area (Å²) in [5, 5.41) is 0. The lowest BCUT2D eigenvalue weighted by Gasteiger charge is -2.11. The molecule has 92 valence electrons. The second-order valence-electron chi connectivity index (χ2n) is 5.32. The fraction of sp³-hybridized carbons (Fsp3) is 0.294. The normalized spacial score (nSPS) is 17.8. The number of fused-ring (bicyclic) bond motifs is 1. The first kappa shape index (κ1) is 11.5. The minimum Gasteiger partial charge on any atom is -0.324 e. The fourth-order valence-corrected chi connectivity index (χ4v) is 2.87. The standard InChI is InChI=1S/C17H19N/c1-11-6-7-13(10-12(11)2)14-4-3-5-16-15(14)8-9-17(16)18/h3-7,10,17H,8-9,18H2,1-2H3. The van der Waals surface area contributed by atoms with Crippen LogP contribution in [0.3, 0.4) is 0 Å². The zero-order valence-corrected chi connectivity index (χ0v) is 11.0. The highest BCUT2D eigenvalue weighted by Gasteiger charge is 2.21. The van der Waals surface area contributed by atoms with Crippen molar-refractivity contribution >= 4 is 0 Å². The third-order valence-electron chi connectivity index (χ3n) is 4.13. The molecular weight excluding hydrogens is 218 g/mol. The summed E-state index contributed by atoms with van der Waals surface area (Å²) >= 11 is 0. The van der Waals surface area contributed by atoms with Crippen molar-refractivity contribution in [2.45, 2.75) is 32.7 Å². The first-order valence-electron chi connectivity index (χ1n) is 6.62. The maximum Gasteiger partial charge on any atom is 0.0300 e. The summed E-state index contributed by atoms with van der Waals surface area (Å²) in [6, 6.07) is 13.5. The van der Waals surface area contributed by atoms with E-state index in [-0.39, 0.29) is 6.04 Å². The van der Waals surface area contributed by atoms with E-state index in [2.05, 4.69) is 50.2 Å². The van der Waals surface area contributed by atoms with E-state index in [0.29, 0.717) is 0 Å². The largest absolute Gasteiger partial charge is 0.324 e. The summed E-state index contributed by atoms with van der Waals surface area (Å²) in [6.45, 7) is 4.33. The molecule has 18 heavy (non-hydrogen) atoms. The van der Waals surface area contributed by atoms with Gasteiger partial charge in [-0.2, -0.15) is 0 Å². The minimum absolute atomic E-state index is 0.228. The van der Waals surface area contributed by atoms with Gasteiger partial charge in [0.1, 0.15) is 0 Å². The van der Waals surface area contributed by atoms with E-state index in [1.165, 1.54) is 33.4 Å². The molecule has 1 heteroatoms. The maximum atomic E-state index is 6.15. The molecule has 2 aromatic rings. The lowest BCUT2D eigenvalue weighted by Crippen LogP contribution is -2.04. The van der Waals surface area contributed by atoms with Crippen molar-refractivity contribution < 1.29 is 0 Å². The van der Waals surface area contributed by atoms with Gasteiger partial charge in [0.15, 0.2) is 0 Å². The van der Waals surface area contributed by atoms with Gasteiger partial charge >= 0.3 is 0 Å². The van der Waals surface area contributed by atoms with Crippen LogP contribution in [0.2, 0.25) is 0 Å². The van der Waals surface area contributed by atoms with E-state index in [9.17, 15) is 0 Å². The third kappa shape index (κ3) is 1.75. The smallest absolute Gasteiger partial charge is 0.0300 e. The molecule has 0 heterocycles. The number of aryl methyl sites for hydroxylation is 2. The summed E-state index contributed by atoms with van der Waals surface area (Å²) in [5.74, 6) is 0. The molecule has 1 unspecified atom stereocenters. The molecule has 0 fully saturated rings. The SMILES string of the molecule is Cc1ccc(-c2cccc3c2CCC3N)cc1C. The molecule has 0 saturated carbocycles. The van der Waals surface area contributed by atoms with Gasteiger partial charge in [-0.3, -0.25) is 0 Å². The maximum absolute atomic E-state index is 6.15. The molecule has 0 radical (unpaired) electrons. The number of nitrogens with two attached hydrogens (primary N) is 1. The van der Waals surface area contributed by atoms with E-state index >= 15 is 0 Å². The molecule has 0 bridgehead atoms. The Morgan fingerprint density at radius 3 is 2.67 bits per heavy atom. The van der Waals surface area contributed by atoms with Crippen molar-refractivity contribution in [3.8, 4) is 11.1 Å². The van der Waals surface area contributed by atoms with Crippen LogP contribution in [0.15, 0.2) is 36.4 Å². The molecule has 3 rings (SSSR count). The van der Waals surface area contributed by atoms with Gasteiger partial charge in [-0.25, -0.2) is 0 Å². The van der Waals surface area contributed by atoms with Crippen LogP contribution in [0, 0.1) is 13.8 Å². The lowest BCUT2D eigenvalue weighted by atomic mass is 9.94. The van der Waals surface area contributed by atoms with Crippen molar-refractivity contribution in [2.75, 3.05) is 0 Å². The summed E-state index contributed by atoms with van der Waals surface area (Å²) in [7, 11) is 0. The van der Waals surface area contributed by atoms with Gasteiger partial charge in [0.2, 0.25) is 0 Å². The van der Waals surface area contributed by atoms with Gasteiger partial charge < -0.3 is 5.73 Å². The monoisotopic (exact) mass is 237 g/mol.